The smallest absolute Gasteiger partial charge is 0.245 e. The number of sulfonamides is 1. The first-order chi connectivity index (χ1) is 8.48. The summed E-state index contributed by atoms with van der Waals surface area (Å²) < 4.78 is 27.6. The SMILES string of the molecule is Nc1ccc(Br)cc1S(=O)(=O)N1CC2CCC1C2. The van der Waals surface area contributed by atoms with Crippen molar-refractivity contribution in [2.24, 2.45) is 5.92 Å². The fraction of sp³-hybridized carbons (Fsp3) is 0.500. The minimum absolute atomic E-state index is 0.179. The number of halogens is 1. The number of nitrogen functional groups attached to an aromatic ring is 1. The van der Waals surface area contributed by atoms with E-state index in [2.05, 4.69) is 15.9 Å². The average molecular weight is 331 g/mol. The Balaban J connectivity index is 2.02. The molecule has 1 heterocycles. The number of hydrogen-bond donors (Lipinski definition) is 1. The Morgan fingerprint density at radius 2 is 2.11 bits per heavy atom. The molecule has 2 fully saturated rings. The van der Waals surface area contributed by atoms with E-state index >= 15 is 0 Å². The quantitative estimate of drug-likeness (QED) is 0.845. The second-order valence-corrected chi connectivity index (χ2v) is 7.86. The van der Waals surface area contributed by atoms with Gasteiger partial charge in [-0.1, -0.05) is 15.9 Å². The van der Waals surface area contributed by atoms with Crippen LogP contribution in [-0.4, -0.2) is 25.3 Å². The third-order valence-corrected chi connectivity index (χ3v) is 6.39. The molecule has 2 unspecified atom stereocenters. The van der Waals surface area contributed by atoms with Crippen LogP contribution in [0.2, 0.25) is 0 Å². The molecule has 1 saturated heterocycles. The van der Waals surface area contributed by atoms with Gasteiger partial charge in [0.1, 0.15) is 4.90 Å². The Bertz CT molecular complexity index is 588. The standard InChI is InChI=1S/C12H15BrN2O2S/c13-9-2-4-11(14)12(6-9)18(16,17)15-7-8-1-3-10(15)5-8/h2,4,6,8,10H,1,3,5,7,14H2. The minimum atomic E-state index is -3.44. The van der Waals surface area contributed by atoms with Crippen molar-refractivity contribution in [1.29, 1.82) is 0 Å². The first-order valence-electron chi connectivity index (χ1n) is 6.05. The molecule has 2 bridgehead atoms. The van der Waals surface area contributed by atoms with Crippen LogP contribution < -0.4 is 5.73 Å². The maximum Gasteiger partial charge on any atom is 0.245 e. The molecule has 6 heteroatoms. The van der Waals surface area contributed by atoms with E-state index in [-0.39, 0.29) is 10.9 Å². The predicted molar refractivity (Wildman–Crippen MR) is 73.6 cm³/mol. The van der Waals surface area contributed by atoms with Crippen LogP contribution in [0.5, 0.6) is 0 Å². The summed E-state index contributed by atoms with van der Waals surface area (Å²) in [5.41, 5.74) is 6.13. The van der Waals surface area contributed by atoms with Gasteiger partial charge in [-0.05, 0) is 43.4 Å². The van der Waals surface area contributed by atoms with Crippen LogP contribution in [0, 0.1) is 5.92 Å². The number of piperidine rings is 1. The third-order valence-electron chi connectivity index (χ3n) is 3.92. The Hall–Kier alpha value is -0.590. The second kappa shape index (κ2) is 4.21. The van der Waals surface area contributed by atoms with Crippen LogP contribution in [-0.2, 0) is 10.0 Å². The lowest BCUT2D eigenvalue weighted by molar-refractivity contribution is 0.333. The molecule has 18 heavy (non-hydrogen) atoms. The van der Waals surface area contributed by atoms with Crippen LogP contribution in [0.4, 0.5) is 5.69 Å². The first kappa shape index (κ1) is 12.4. The van der Waals surface area contributed by atoms with Crippen LogP contribution in [0.15, 0.2) is 27.6 Å². The Kier molecular flexibility index (Phi) is 2.91. The van der Waals surface area contributed by atoms with Gasteiger partial charge >= 0.3 is 0 Å². The zero-order valence-corrected chi connectivity index (χ0v) is 12.2. The number of fused-ring (bicyclic) bond motifs is 2. The Morgan fingerprint density at radius 3 is 2.72 bits per heavy atom. The fourth-order valence-electron chi connectivity index (χ4n) is 3.03. The maximum atomic E-state index is 12.6. The van der Waals surface area contributed by atoms with Crippen LogP contribution in [0.1, 0.15) is 19.3 Å². The average Bonchev–Trinajstić information content (AvgIpc) is 2.94. The summed E-state index contributed by atoms with van der Waals surface area (Å²) in [5.74, 6) is 0.540. The second-order valence-electron chi connectivity index (χ2n) is 5.09. The van der Waals surface area contributed by atoms with Gasteiger partial charge in [0.25, 0.3) is 0 Å². The van der Waals surface area contributed by atoms with Crippen LogP contribution in [0.3, 0.4) is 0 Å². The number of rotatable bonds is 2. The molecule has 1 aromatic carbocycles. The zero-order chi connectivity index (χ0) is 12.9. The Morgan fingerprint density at radius 1 is 1.33 bits per heavy atom. The van der Waals surface area contributed by atoms with Crippen molar-refractivity contribution in [2.75, 3.05) is 12.3 Å². The summed E-state index contributed by atoms with van der Waals surface area (Å²) in [6.07, 6.45) is 3.15. The number of nitrogens with two attached hydrogens (primary N) is 1. The number of anilines is 1. The monoisotopic (exact) mass is 330 g/mol. The number of benzene rings is 1. The zero-order valence-electron chi connectivity index (χ0n) is 9.84. The van der Waals surface area contributed by atoms with Gasteiger partial charge in [-0.3, -0.25) is 0 Å². The van der Waals surface area contributed by atoms with Gasteiger partial charge in [0.05, 0.1) is 5.69 Å². The summed E-state index contributed by atoms with van der Waals surface area (Å²) in [6, 6.07) is 5.16. The first-order valence-corrected chi connectivity index (χ1v) is 8.28. The predicted octanol–water partition coefficient (Wildman–Crippen LogP) is 2.20. The molecule has 2 N–H and O–H groups in total. The third kappa shape index (κ3) is 1.87. The van der Waals surface area contributed by atoms with E-state index in [1.54, 1.807) is 22.5 Å². The van der Waals surface area contributed by atoms with Gasteiger partial charge in [-0.2, -0.15) is 4.31 Å². The van der Waals surface area contributed by atoms with E-state index in [9.17, 15) is 8.42 Å². The molecular weight excluding hydrogens is 316 g/mol. The van der Waals surface area contributed by atoms with Gasteiger partial charge in [0.15, 0.2) is 0 Å². The van der Waals surface area contributed by atoms with Crippen molar-refractivity contribution in [3.63, 3.8) is 0 Å². The van der Waals surface area contributed by atoms with E-state index < -0.39 is 10.0 Å². The molecule has 98 valence electrons. The van der Waals surface area contributed by atoms with E-state index in [4.69, 9.17) is 5.73 Å². The highest BCUT2D eigenvalue weighted by Gasteiger charge is 2.44. The lowest BCUT2D eigenvalue weighted by atomic mass is 10.1. The molecule has 2 aliphatic rings. The molecule has 4 nitrogen and oxygen atoms in total. The molecule has 1 saturated carbocycles. The van der Waals surface area contributed by atoms with Gasteiger partial charge in [-0.25, -0.2) is 8.42 Å². The van der Waals surface area contributed by atoms with Crippen LogP contribution >= 0.6 is 15.9 Å². The minimum Gasteiger partial charge on any atom is -0.398 e. The molecule has 0 spiro atoms. The summed E-state index contributed by atoms with van der Waals surface area (Å²) in [7, 11) is -3.44. The summed E-state index contributed by atoms with van der Waals surface area (Å²) in [4.78, 5) is 0.226. The van der Waals surface area contributed by atoms with E-state index in [1.807, 2.05) is 0 Å². The molecule has 0 radical (unpaired) electrons. The van der Waals surface area contributed by atoms with Crippen LogP contribution in [0.25, 0.3) is 0 Å². The molecule has 2 atom stereocenters. The Labute approximate surface area is 115 Å². The van der Waals surface area contributed by atoms with Crippen molar-refractivity contribution in [2.45, 2.75) is 30.2 Å². The highest BCUT2D eigenvalue weighted by Crippen LogP contribution is 2.41. The molecule has 0 amide bonds. The van der Waals surface area contributed by atoms with E-state index in [0.717, 1.165) is 23.7 Å². The summed E-state index contributed by atoms with van der Waals surface area (Å²) in [6.45, 7) is 0.652. The fourth-order valence-corrected chi connectivity index (χ4v) is 5.43. The van der Waals surface area contributed by atoms with Gasteiger partial charge in [0.2, 0.25) is 10.0 Å². The highest BCUT2D eigenvalue weighted by atomic mass is 79.9. The molecule has 1 aliphatic carbocycles. The topological polar surface area (TPSA) is 63.4 Å². The number of hydrogen-bond acceptors (Lipinski definition) is 3. The van der Waals surface area contributed by atoms with E-state index in [0.29, 0.717) is 18.2 Å². The normalized spacial score (nSPS) is 27.8. The van der Waals surface area contributed by atoms with Gasteiger partial charge in [0, 0.05) is 17.1 Å². The van der Waals surface area contributed by atoms with Gasteiger partial charge < -0.3 is 5.73 Å². The molecule has 1 aromatic rings. The maximum absolute atomic E-state index is 12.6. The van der Waals surface area contributed by atoms with Crippen molar-refractivity contribution >= 4 is 31.6 Å². The van der Waals surface area contributed by atoms with Crippen molar-refractivity contribution < 1.29 is 8.42 Å². The molecule has 3 rings (SSSR count). The summed E-state index contributed by atoms with van der Waals surface area (Å²) in [5, 5.41) is 0. The van der Waals surface area contributed by atoms with Crippen molar-refractivity contribution in [1.82, 2.24) is 4.31 Å². The molecular formula is C12H15BrN2O2S. The lowest BCUT2D eigenvalue weighted by Gasteiger charge is -2.26. The highest BCUT2D eigenvalue weighted by molar-refractivity contribution is 9.10. The van der Waals surface area contributed by atoms with Gasteiger partial charge in [-0.15, -0.1) is 0 Å². The molecule has 1 aliphatic heterocycles. The van der Waals surface area contributed by atoms with Crippen molar-refractivity contribution in [3.8, 4) is 0 Å². The molecule has 0 aromatic heterocycles. The lowest BCUT2D eigenvalue weighted by Crippen LogP contribution is -2.37. The van der Waals surface area contributed by atoms with Crippen molar-refractivity contribution in [3.05, 3.63) is 22.7 Å². The summed E-state index contributed by atoms with van der Waals surface area (Å²) >= 11 is 3.30. The van der Waals surface area contributed by atoms with E-state index in [1.165, 1.54) is 0 Å². The number of nitrogens with zero attached hydrogens (tertiary/aromatic N) is 1. The largest absolute Gasteiger partial charge is 0.398 e.